The summed E-state index contributed by atoms with van der Waals surface area (Å²) in [7, 11) is 1.59. The topological polar surface area (TPSA) is 55.1 Å². The van der Waals surface area contributed by atoms with Gasteiger partial charge in [0.25, 0.3) is 0 Å². The van der Waals surface area contributed by atoms with E-state index in [9.17, 15) is 9.18 Å². The molecule has 0 aliphatic carbocycles. The van der Waals surface area contributed by atoms with Crippen molar-refractivity contribution in [2.45, 2.75) is 6.42 Å². The van der Waals surface area contributed by atoms with E-state index in [2.05, 4.69) is 5.10 Å². The van der Waals surface area contributed by atoms with E-state index < -0.39 is 5.97 Å². The Morgan fingerprint density at radius 1 is 1.60 bits per heavy atom. The molecule has 0 spiro atoms. The molecular weight excluding hydrogens is 199 g/mol. The number of aryl methyl sites for hydroxylation is 1. The monoisotopic (exact) mass is 208 g/mol. The van der Waals surface area contributed by atoms with Crippen molar-refractivity contribution in [1.29, 1.82) is 0 Å². The number of aromatic nitrogens is 2. The summed E-state index contributed by atoms with van der Waals surface area (Å²) in [6.45, 7) is 0. The van der Waals surface area contributed by atoms with E-state index in [4.69, 9.17) is 5.11 Å². The molecule has 78 valence electrons. The minimum absolute atomic E-state index is 0.194. The second-order valence-electron chi connectivity index (χ2n) is 3.28. The highest BCUT2D eigenvalue weighted by atomic mass is 19.1. The average Bonchev–Trinajstić information content (AvgIpc) is 2.44. The quantitative estimate of drug-likeness (QED) is 0.810. The Kier molecular flexibility index (Phi) is 2.15. The van der Waals surface area contributed by atoms with Crippen LogP contribution in [0.2, 0.25) is 0 Å². The SMILES string of the molecule is Cn1nc(CC(=O)O)c2cccc(F)c21. The van der Waals surface area contributed by atoms with Gasteiger partial charge >= 0.3 is 5.97 Å². The van der Waals surface area contributed by atoms with Gasteiger partial charge in [-0.1, -0.05) is 12.1 Å². The molecule has 1 aromatic heterocycles. The van der Waals surface area contributed by atoms with Gasteiger partial charge in [0.2, 0.25) is 0 Å². The van der Waals surface area contributed by atoms with Crippen molar-refractivity contribution in [2.24, 2.45) is 7.05 Å². The number of halogens is 1. The summed E-state index contributed by atoms with van der Waals surface area (Å²) < 4.78 is 14.8. The predicted octanol–water partition coefficient (Wildman–Crippen LogP) is 1.34. The molecule has 0 amide bonds. The summed E-state index contributed by atoms with van der Waals surface area (Å²) in [6, 6.07) is 4.54. The number of carboxylic acids is 1. The third-order valence-corrected chi connectivity index (χ3v) is 2.21. The number of fused-ring (bicyclic) bond motifs is 1. The molecule has 0 unspecified atom stereocenters. The van der Waals surface area contributed by atoms with Crippen LogP contribution in [0.4, 0.5) is 4.39 Å². The number of carbonyl (C=O) groups is 1. The van der Waals surface area contributed by atoms with Crippen LogP contribution in [0.15, 0.2) is 18.2 Å². The van der Waals surface area contributed by atoms with Crippen LogP contribution < -0.4 is 0 Å². The maximum atomic E-state index is 13.4. The highest BCUT2D eigenvalue weighted by molar-refractivity contribution is 5.85. The van der Waals surface area contributed by atoms with Crippen molar-refractivity contribution in [3.05, 3.63) is 29.7 Å². The normalized spacial score (nSPS) is 10.8. The molecule has 0 aliphatic heterocycles. The van der Waals surface area contributed by atoms with Crippen molar-refractivity contribution < 1.29 is 14.3 Å². The lowest BCUT2D eigenvalue weighted by Crippen LogP contribution is -2.01. The van der Waals surface area contributed by atoms with Gasteiger partial charge in [0, 0.05) is 12.4 Å². The zero-order valence-corrected chi connectivity index (χ0v) is 8.07. The lowest BCUT2D eigenvalue weighted by molar-refractivity contribution is -0.136. The molecule has 1 heterocycles. The van der Waals surface area contributed by atoms with E-state index in [0.717, 1.165) is 0 Å². The standard InChI is InChI=1S/C10H9FN2O2/c1-13-10-6(3-2-4-7(10)11)8(12-13)5-9(14)15/h2-4H,5H2,1H3,(H,14,15). The molecule has 0 radical (unpaired) electrons. The molecule has 5 heteroatoms. The van der Waals surface area contributed by atoms with Crippen molar-refractivity contribution in [2.75, 3.05) is 0 Å². The van der Waals surface area contributed by atoms with Crippen LogP contribution in [0, 0.1) is 5.82 Å². The van der Waals surface area contributed by atoms with Gasteiger partial charge in [-0.25, -0.2) is 4.39 Å². The van der Waals surface area contributed by atoms with Crippen molar-refractivity contribution in [1.82, 2.24) is 9.78 Å². The molecule has 0 saturated carbocycles. The zero-order valence-electron chi connectivity index (χ0n) is 8.07. The van der Waals surface area contributed by atoms with Gasteiger partial charge in [-0.05, 0) is 6.07 Å². The fourth-order valence-corrected chi connectivity index (χ4v) is 1.64. The van der Waals surface area contributed by atoms with Crippen LogP contribution in [0.5, 0.6) is 0 Å². The predicted molar refractivity (Wildman–Crippen MR) is 52.0 cm³/mol. The second-order valence-corrected chi connectivity index (χ2v) is 3.28. The number of rotatable bonds is 2. The minimum atomic E-state index is -0.973. The van der Waals surface area contributed by atoms with Gasteiger partial charge in [-0.15, -0.1) is 0 Å². The van der Waals surface area contributed by atoms with Crippen LogP contribution in [0.25, 0.3) is 10.9 Å². The molecular formula is C10H9FN2O2. The van der Waals surface area contributed by atoms with E-state index in [1.54, 1.807) is 19.2 Å². The van der Waals surface area contributed by atoms with E-state index >= 15 is 0 Å². The van der Waals surface area contributed by atoms with Gasteiger partial charge in [-0.3, -0.25) is 9.48 Å². The third kappa shape index (κ3) is 1.56. The molecule has 0 aliphatic rings. The Morgan fingerprint density at radius 3 is 3.00 bits per heavy atom. The molecule has 0 atom stereocenters. The third-order valence-electron chi connectivity index (χ3n) is 2.21. The van der Waals surface area contributed by atoms with E-state index in [1.165, 1.54) is 10.7 Å². The highest BCUT2D eigenvalue weighted by Crippen LogP contribution is 2.20. The molecule has 1 N–H and O–H groups in total. The average molecular weight is 208 g/mol. The van der Waals surface area contributed by atoms with Crippen LogP contribution >= 0.6 is 0 Å². The van der Waals surface area contributed by atoms with Crippen LogP contribution in [0.3, 0.4) is 0 Å². The number of benzene rings is 1. The number of nitrogens with zero attached hydrogens (tertiary/aromatic N) is 2. The molecule has 1 aromatic carbocycles. The Balaban J connectivity index is 2.68. The summed E-state index contributed by atoms with van der Waals surface area (Å²) >= 11 is 0. The first-order chi connectivity index (χ1) is 7.09. The molecule has 0 saturated heterocycles. The van der Waals surface area contributed by atoms with Crippen molar-refractivity contribution in [3.63, 3.8) is 0 Å². The van der Waals surface area contributed by atoms with E-state index in [0.29, 0.717) is 16.6 Å². The van der Waals surface area contributed by atoms with Gasteiger partial charge < -0.3 is 5.11 Å². The summed E-state index contributed by atoms with van der Waals surface area (Å²) in [4.78, 5) is 10.6. The van der Waals surface area contributed by atoms with Crippen LogP contribution in [-0.2, 0) is 18.3 Å². The van der Waals surface area contributed by atoms with E-state index in [1.807, 2.05) is 0 Å². The maximum absolute atomic E-state index is 13.4. The summed E-state index contributed by atoms with van der Waals surface area (Å²) in [5, 5.41) is 13.2. The second kappa shape index (κ2) is 3.34. The van der Waals surface area contributed by atoms with Crippen molar-refractivity contribution >= 4 is 16.9 Å². The molecule has 0 fully saturated rings. The van der Waals surface area contributed by atoms with Crippen LogP contribution in [0.1, 0.15) is 5.69 Å². The van der Waals surface area contributed by atoms with Gasteiger partial charge in [0.1, 0.15) is 11.3 Å². The van der Waals surface area contributed by atoms with Gasteiger partial charge in [-0.2, -0.15) is 5.10 Å². The minimum Gasteiger partial charge on any atom is -0.481 e. The Hall–Kier alpha value is -1.91. The lowest BCUT2D eigenvalue weighted by Gasteiger charge is -1.94. The largest absolute Gasteiger partial charge is 0.481 e. The number of hydrogen-bond donors (Lipinski definition) is 1. The van der Waals surface area contributed by atoms with E-state index in [-0.39, 0.29) is 12.2 Å². The molecule has 15 heavy (non-hydrogen) atoms. The van der Waals surface area contributed by atoms with Gasteiger partial charge in [0.05, 0.1) is 12.1 Å². The molecule has 2 rings (SSSR count). The first-order valence-electron chi connectivity index (χ1n) is 4.41. The molecule has 0 bridgehead atoms. The molecule has 2 aromatic rings. The number of carboxylic acid groups (broad SMARTS) is 1. The lowest BCUT2D eigenvalue weighted by atomic mass is 10.1. The first kappa shape index (κ1) is 9.64. The number of hydrogen-bond acceptors (Lipinski definition) is 2. The summed E-state index contributed by atoms with van der Waals surface area (Å²) in [5.41, 5.74) is 0.730. The zero-order chi connectivity index (χ0) is 11.0. The Bertz CT molecular complexity index is 533. The fraction of sp³-hybridized carbons (Fsp3) is 0.200. The van der Waals surface area contributed by atoms with Gasteiger partial charge in [0.15, 0.2) is 0 Å². The maximum Gasteiger partial charge on any atom is 0.309 e. The highest BCUT2D eigenvalue weighted by Gasteiger charge is 2.13. The number of para-hydroxylation sites is 1. The summed E-state index contributed by atoms with van der Waals surface area (Å²) in [5.74, 6) is -1.36. The Morgan fingerprint density at radius 2 is 2.33 bits per heavy atom. The Labute approximate surface area is 84.9 Å². The first-order valence-corrected chi connectivity index (χ1v) is 4.41. The molecule has 4 nitrogen and oxygen atoms in total. The smallest absolute Gasteiger partial charge is 0.309 e. The summed E-state index contributed by atoms with van der Waals surface area (Å²) in [6.07, 6.45) is -0.194. The number of aliphatic carboxylic acids is 1. The van der Waals surface area contributed by atoms with Crippen molar-refractivity contribution in [3.8, 4) is 0 Å². The van der Waals surface area contributed by atoms with Crippen LogP contribution in [-0.4, -0.2) is 20.9 Å². The fourth-order valence-electron chi connectivity index (χ4n) is 1.64.